The fourth-order valence-corrected chi connectivity index (χ4v) is 5.55. The summed E-state index contributed by atoms with van der Waals surface area (Å²) in [6.45, 7) is 4.21. The number of carbonyl (C=O) groups excluding carboxylic acids is 1. The summed E-state index contributed by atoms with van der Waals surface area (Å²) in [4.78, 5) is 19.9. The number of fused-ring (bicyclic) bond motifs is 1. The van der Waals surface area contributed by atoms with E-state index in [0.717, 1.165) is 37.0 Å². The van der Waals surface area contributed by atoms with E-state index in [1.165, 1.54) is 23.9 Å². The van der Waals surface area contributed by atoms with Crippen molar-refractivity contribution in [2.24, 2.45) is 5.14 Å². The van der Waals surface area contributed by atoms with E-state index in [1.54, 1.807) is 6.07 Å². The van der Waals surface area contributed by atoms with Crippen molar-refractivity contribution in [3.8, 4) is 0 Å². The lowest BCUT2D eigenvalue weighted by atomic mass is 10.1. The molecule has 1 amide bonds. The van der Waals surface area contributed by atoms with Gasteiger partial charge in [0.05, 0.1) is 15.9 Å². The molecule has 1 aliphatic rings. The van der Waals surface area contributed by atoms with Crippen molar-refractivity contribution in [2.75, 3.05) is 13.1 Å². The van der Waals surface area contributed by atoms with Crippen molar-refractivity contribution in [1.29, 1.82) is 0 Å². The predicted molar refractivity (Wildman–Crippen MR) is 118 cm³/mol. The Bertz CT molecular complexity index is 1170. The maximum Gasteiger partial charge on any atom is 0.240 e. The number of rotatable bonds is 6. The van der Waals surface area contributed by atoms with Gasteiger partial charge in [-0.3, -0.25) is 4.79 Å². The molecule has 0 aliphatic carbocycles. The molecule has 0 bridgehead atoms. The maximum absolute atomic E-state index is 13.3. The number of likely N-dealkylation sites (tertiary alicyclic amines) is 1. The van der Waals surface area contributed by atoms with Crippen molar-refractivity contribution in [3.05, 3.63) is 54.1 Å². The van der Waals surface area contributed by atoms with Gasteiger partial charge < -0.3 is 9.47 Å². The summed E-state index contributed by atoms with van der Waals surface area (Å²) < 4.78 is 25.4. The van der Waals surface area contributed by atoms with Crippen LogP contribution in [0.15, 0.2) is 58.6 Å². The largest absolute Gasteiger partial charge is 0.341 e. The summed E-state index contributed by atoms with van der Waals surface area (Å²) in [5.74, 6) is 0.0867. The standard InChI is InChI=1S/C21H24N4O3S2/c1-2-25-18-11-10-16(30(22,27)28)14-17(18)23-21(25)29-19(15-8-4-3-5-9-15)20(26)24-12-6-7-13-24/h3-5,8-11,14,19H,2,6-7,12-13H2,1H3,(H2,22,27,28)/t19-/m0/s1. The Labute approximate surface area is 180 Å². The molecule has 4 rings (SSSR count). The summed E-state index contributed by atoms with van der Waals surface area (Å²) in [6.07, 6.45) is 2.06. The van der Waals surface area contributed by atoms with E-state index in [4.69, 9.17) is 5.14 Å². The monoisotopic (exact) mass is 444 g/mol. The first-order chi connectivity index (χ1) is 14.4. The minimum absolute atomic E-state index is 0.0278. The third-order valence-electron chi connectivity index (χ3n) is 5.30. The molecular weight excluding hydrogens is 420 g/mol. The Kier molecular flexibility index (Phi) is 5.86. The Morgan fingerprint density at radius 1 is 1.17 bits per heavy atom. The van der Waals surface area contributed by atoms with Crippen LogP contribution in [0.2, 0.25) is 0 Å². The molecule has 1 fully saturated rings. The number of aromatic nitrogens is 2. The van der Waals surface area contributed by atoms with Gasteiger partial charge in [-0.2, -0.15) is 0 Å². The number of hydrogen-bond donors (Lipinski definition) is 1. The molecule has 3 aromatic rings. The lowest BCUT2D eigenvalue weighted by Gasteiger charge is -2.23. The van der Waals surface area contributed by atoms with E-state index in [1.807, 2.05) is 46.7 Å². The lowest BCUT2D eigenvalue weighted by Crippen LogP contribution is -2.31. The van der Waals surface area contributed by atoms with Gasteiger partial charge in [-0.25, -0.2) is 18.5 Å². The zero-order chi connectivity index (χ0) is 21.3. The maximum atomic E-state index is 13.3. The molecule has 2 aromatic carbocycles. The molecule has 9 heteroatoms. The van der Waals surface area contributed by atoms with E-state index >= 15 is 0 Å². The van der Waals surface area contributed by atoms with Gasteiger partial charge in [0.25, 0.3) is 0 Å². The van der Waals surface area contributed by atoms with Crippen LogP contribution < -0.4 is 5.14 Å². The number of primary sulfonamides is 1. The molecule has 2 N–H and O–H groups in total. The number of benzene rings is 2. The Morgan fingerprint density at radius 2 is 1.87 bits per heavy atom. The third kappa shape index (κ3) is 4.10. The normalized spacial score (nSPS) is 15.6. The molecule has 0 spiro atoms. The molecule has 30 heavy (non-hydrogen) atoms. The van der Waals surface area contributed by atoms with Crippen molar-refractivity contribution >= 4 is 38.7 Å². The van der Waals surface area contributed by atoms with Crippen molar-refractivity contribution in [1.82, 2.24) is 14.5 Å². The molecule has 7 nitrogen and oxygen atoms in total. The molecular formula is C21H24N4O3S2. The van der Waals surface area contributed by atoms with Crippen LogP contribution in [0.4, 0.5) is 0 Å². The number of sulfonamides is 1. The first-order valence-corrected chi connectivity index (χ1v) is 12.3. The second kappa shape index (κ2) is 8.41. The lowest BCUT2D eigenvalue weighted by molar-refractivity contribution is -0.129. The molecule has 0 saturated carbocycles. The highest BCUT2D eigenvalue weighted by molar-refractivity contribution is 8.00. The molecule has 2 heterocycles. The number of amides is 1. The van der Waals surface area contributed by atoms with E-state index in [9.17, 15) is 13.2 Å². The summed E-state index contributed by atoms with van der Waals surface area (Å²) in [5.41, 5.74) is 2.29. The highest BCUT2D eigenvalue weighted by Gasteiger charge is 2.30. The van der Waals surface area contributed by atoms with Crippen molar-refractivity contribution < 1.29 is 13.2 Å². The van der Waals surface area contributed by atoms with Crippen LogP contribution in [-0.4, -0.2) is 41.9 Å². The Morgan fingerprint density at radius 3 is 2.50 bits per heavy atom. The first-order valence-electron chi connectivity index (χ1n) is 9.92. The molecule has 1 saturated heterocycles. The van der Waals surface area contributed by atoms with Gasteiger partial charge in [0.15, 0.2) is 5.16 Å². The summed E-state index contributed by atoms with van der Waals surface area (Å²) in [7, 11) is -3.81. The molecule has 1 aromatic heterocycles. The Balaban J connectivity index is 1.75. The second-order valence-electron chi connectivity index (χ2n) is 7.28. The quantitative estimate of drug-likeness (QED) is 0.589. The predicted octanol–water partition coefficient (Wildman–Crippen LogP) is 3.16. The second-order valence-corrected chi connectivity index (χ2v) is 9.91. The van der Waals surface area contributed by atoms with Crippen molar-refractivity contribution in [2.45, 2.75) is 41.6 Å². The molecule has 0 unspecified atom stereocenters. The van der Waals surface area contributed by atoms with E-state index in [2.05, 4.69) is 4.98 Å². The number of imidazole rings is 1. The van der Waals surface area contributed by atoms with Crippen LogP contribution in [0, 0.1) is 0 Å². The van der Waals surface area contributed by atoms with Gasteiger partial charge in [-0.15, -0.1) is 0 Å². The zero-order valence-corrected chi connectivity index (χ0v) is 18.3. The van der Waals surface area contributed by atoms with Gasteiger partial charge in [-0.1, -0.05) is 42.1 Å². The van der Waals surface area contributed by atoms with Crippen LogP contribution in [0.1, 0.15) is 30.6 Å². The number of hydrogen-bond acceptors (Lipinski definition) is 5. The third-order valence-corrected chi connectivity index (χ3v) is 7.44. The molecule has 0 radical (unpaired) electrons. The highest BCUT2D eigenvalue weighted by Crippen LogP contribution is 2.38. The van der Waals surface area contributed by atoms with Gasteiger partial charge in [0, 0.05) is 19.6 Å². The molecule has 1 aliphatic heterocycles. The minimum atomic E-state index is -3.81. The zero-order valence-electron chi connectivity index (χ0n) is 16.7. The van der Waals surface area contributed by atoms with Crippen LogP contribution in [0.25, 0.3) is 11.0 Å². The summed E-state index contributed by atoms with van der Waals surface area (Å²) >= 11 is 1.41. The van der Waals surface area contributed by atoms with Crippen LogP contribution in [0.5, 0.6) is 0 Å². The van der Waals surface area contributed by atoms with Gasteiger partial charge in [0.1, 0.15) is 5.25 Å². The van der Waals surface area contributed by atoms with Crippen molar-refractivity contribution in [3.63, 3.8) is 0 Å². The van der Waals surface area contributed by atoms with E-state index in [0.29, 0.717) is 17.2 Å². The Hall–Kier alpha value is -2.36. The fraction of sp³-hybridized carbons (Fsp3) is 0.333. The smallest absolute Gasteiger partial charge is 0.240 e. The van der Waals surface area contributed by atoms with E-state index < -0.39 is 15.3 Å². The number of carbonyl (C=O) groups is 1. The molecule has 158 valence electrons. The van der Waals surface area contributed by atoms with Crippen LogP contribution in [0.3, 0.4) is 0 Å². The van der Waals surface area contributed by atoms with Gasteiger partial charge in [-0.05, 0) is 43.5 Å². The number of thioether (sulfide) groups is 1. The molecule has 1 atom stereocenters. The number of nitrogens with zero attached hydrogens (tertiary/aromatic N) is 3. The summed E-state index contributed by atoms with van der Waals surface area (Å²) in [5, 5.41) is 5.54. The van der Waals surface area contributed by atoms with Gasteiger partial charge in [0.2, 0.25) is 15.9 Å². The highest BCUT2D eigenvalue weighted by atomic mass is 32.2. The van der Waals surface area contributed by atoms with Crippen LogP contribution >= 0.6 is 11.8 Å². The van der Waals surface area contributed by atoms with Gasteiger partial charge >= 0.3 is 0 Å². The topological polar surface area (TPSA) is 98.3 Å². The fourth-order valence-electron chi connectivity index (χ4n) is 3.76. The summed E-state index contributed by atoms with van der Waals surface area (Å²) in [6, 6.07) is 14.4. The van der Waals surface area contributed by atoms with E-state index in [-0.39, 0.29) is 10.8 Å². The van der Waals surface area contributed by atoms with Crippen LogP contribution in [-0.2, 0) is 21.4 Å². The average molecular weight is 445 g/mol. The number of aryl methyl sites for hydroxylation is 1. The minimum Gasteiger partial charge on any atom is -0.341 e. The number of nitrogens with two attached hydrogens (primary N) is 1. The SMILES string of the molecule is CCn1c(S[C@H](C(=O)N2CCCC2)c2ccccc2)nc2cc(S(N)(=O)=O)ccc21. The first kappa shape index (κ1) is 20.9. The average Bonchev–Trinajstić information content (AvgIpc) is 3.38.